The molecule has 0 aromatic rings. The molecule has 1 rings (SSSR count). The van der Waals surface area contributed by atoms with Gasteiger partial charge in [-0.2, -0.15) is 0 Å². The molecule has 1 aliphatic rings. The predicted octanol–water partition coefficient (Wildman–Crippen LogP) is 1.18. The largest absolute Gasteiger partial charge is 0.364 e. The van der Waals surface area contributed by atoms with Crippen LogP contribution in [0.25, 0.3) is 0 Å². The maximum atomic E-state index is 5.40. The molecular formula is C5H7ClO. The Bertz CT molecular complexity index is 82.1. The highest BCUT2D eigenvalue weighted by Gasteiger charge is 2.34. The molecule has 0 aliphatic carbocycles. The maximum Gasteiger partial charge on any atom is 0.103 e. The molecule has 0 N–H and O–H groups in total. The maximum absolute atomic E-state index is 5.40. The van der Waals surface area contributed by atoms with Gasteiger partial charge in [-0.15, -0.1) is 18.2 Å². The second kappa shape index (κ2) is 1.85. The monoisotopic (exact) mass is 118 g/mol. The zero-order valence-electron chi connectivity index (χ0n) is 3.93. The van der Waals surface area contributed by atoms with Crippen molar-refractivity contribution in [3.8, 4) is 0 Å². The first-order chi connectivity index (χ1) is 3.38. The number of ether oxygens (including phenoxy) is 1. The summed E-state index contributed by atoms with van der Waals surface area (Å²) in [5.41, 5.74) is 0. The topological polar surface area (TPSA) is 12.5 Å². The number of halogens is 1. The standard InChI is InChI=1S/C5H7ClO/c1-2-4-5(3-6)7-4/h2,4-5H,1,3H2. The summed E-state index contributed by atoms with van der Waals surface area (Å²) in [6.45, 7) is 3.54. The number of hydrogen-bond acceptors (Lipinski definition) is 1. The van der Waals surface area contributed by atoms with Gasteiger partial charge in [0.15, 0.2) is 0 Å². The van der Waals surface area contributed by atoms with Crippen molar-refractivity contribution >= 4 is 11.6 Å². The molecule has 0 radical (unpaired) electrons. The first-order valence-corrected chi connectivity index (χ1v) is 2.76. The predicted molar refractivity (Wildman–Crippen MR) is 29.6 cm³/mol. The lowest BCUT2D eigenvalue weighted by Crippen LogP contribution is -1.88. The van der Waals surface area contributed by atoms with E-state index in [1.807, 2.05) is 0 Å². The third-order valence-corrected chi connectivity index (χ3v) is 1.31. The Kier molecular flexibility index (Phi) is 1.35. The molecule has 1 saturated heterocycles. The lowest BCUT2D eigenvalue weighted by Gasteiger charge is -1.72. The molecule has 0 saturated carbocycles. The van der Waals surface area contributed by atoms with Crippen LogP contribution in [0.2, 0.25) is 0 Å². The highest BCUT2D eigenvalue weighted by Crippen LogP contribution is 2.23. The zero-order valence-corrected chi connectivity index (χ0v) is 4.69. The average Bonchev–Trinajstić information content (AvgIpc) is 2.43. The second-order valence-electron chi connectivity index (χ2n) is 1.53. The smallest absolute Gasteiger partial charge is 0.103 e. The van der Waals surface area contributed by atoms with Crippen LogP contribution in [0, 0.1) is 0 Å². The number of hydrogen-bond donors (Lipinski definition) is 0. The molecule has 0 amide bonds. The Morgan fingerprint density at radius 3 is 2.71 bits per heavy atom. The van der Waals surface area contributed by atoms with Gasteiger partial charge >= 0.3 is 0 Å². The minimum atomic E-state index is 0.248. The summed E-state index contributed by atoms with van der Waals surface area (Å²) in [6, 6.07) is 0. The van der Waals surface area contributed by atoms with Crippen LogP contribution in [0.3, 0.4) is 0 Å². The van der Waals surface area contributed by atoms with E-state index < -0.39 is 0 Å². The van der Waals surface area contributed by atoms with Crippen molar-refractivity contribution in [3.05, 3.63) is 12.7 Å². The van der Waals surface area contributed by atoms with Crippen LogP contribution >= 0.6 is 11.6 Å². The lowest BCUT2D eigenvalue weighted by atomic mass is 10.3. The minimum Gasteiger partial charge on any atom is -0.364 e. The molecule has 2 unspecified atom stereocenters. The van der Waals surface area contributed by atoms with Gasteiger partial charge in [-0.05, 0) is 0 Å². The molecule has 2 heteroatoms. The summed E-state index contributed by atoms with van der Waals surface area (Å²) in [7, 11) is 0. The Balaban J connectivity index is 2.17. The van der Waals surface area contributed by atoms with E-state index in [0.29, 0.717) is 5.88 Å². The Hall–Kier alpha value is -0.0100. The van der Waals surface area contributed by atoms with Gasteiger partial charge in [0.2, 0.25) is 0 Å². The van der Waals surface area contributed by atoms with E-state index in [1.54, 1.807) is 6.08 Å². The summed E-state index contributed by atoms with van der Waals surface area (Å²) < 4.78 is 4.97. The second-order valence-corrected chi connectivity index (χ2v) is 1.84. The van der Waals surface area contributed by atoms with Crippen molar-refractivity contribution in [3.63, 3.8) is 0 Å². The van der Waals surface area contributed by atoms with Crippen molar-refractivity contribution in [2.24, 2.45) is 0 Å². The van der Waals surface area contributed by atoms with Crippen molar-refractivity contribution in [2.75, 3.05) is 5.88 Å². The van der Waals surface area contributed by atoms with Crippen LogP contribution in [-0.4, -0.2) is 18.1 Å². The van der Waals surface area contributed by atoms with E-state index in [-0.39, 0.29) is 12.2 Å². The van der Waals surface area contributed by atoms with Crippen LogP contribution in [0.1, 0.15) is 0 Å². The van der Waals surface area contributed by atoms with Crippen LogP contribution in [-0.2, 0) is 4.74 Å². The normalized spacial score (nSPS) is 37.9. The fourth-order valence-corrected chi connectivity index (χ4v) is 0.736. The number of alkyl halides is 1. The first kappa shape index (κ1) is 5.13. The average molecular weight is 119 g/mol. The highest BCUT2D eigenvalue weighted by molar-refractivity contribution is 6.18. The zero-order chi connectivity index (χ0) is 5.28. The van der Waals surface area contributed by atoms with Crippen LogP contribution in [0.15, 0.2) is 12.7 Å². The van der Waals surface area contributed by atoms with Crippen molar-refractivity contribution < 1.29 is 4.74 Å². The lowest BCUT2D eigenvalue weighted by molar-refractivity contribution is 0.402. The Morgan fingerprint density at radius 2 is 2.57 bits per heavy atom. The van der Waals surface area contributed by atoms with Gasteiger partial charge in [0.05, 0.1) is 5.88 Å². The summed E-state index contributed by atoms with van der Waals surface area (Å²) in [4.78, 5) is 0. The molecule has 1 aliphatic heterocycles. The summed E-state index contributed by atoms with van der Waals surface area (Å²) >= 11 is 5.40. The van der Waals surface area contributed by atoms with Gasteiger partial charge in [-0.25, -0.2) is 0 Å². The molecule has 0 spiro atoms. The van der Waals surface area contributed by atoms with E-state index in [0.717, 1.165) is 0 Å². The fourth-order valence-electron chi connectivity index (χ4n) is 0.488. The molecule has 0 aromatic carbocycles. The summed E-state index contributed by atoms with van der Waals surface area (Å²) in [5, 5.41) is 0. The molecular weight excluding hydrogens is 112 g/mol. The van der Waals surface area contributed by atoms with E-state index in [1.165, 1.54) is 0 Å². The highest BCUT2D eigenvalue weighted by atomic mass is 35.5. The number of rotatable bonds is 2. The quantitative estimate of drug-likeness (QED) is 0.301. The minimum absolute atomic E-state index is 0.248. The van der Waals surface area contributed by atoms with Gasteiger partial charge in [0.25, 0.3) is 0 Å². The summed E-state index contributed by atoms with van der Waals surface area (Å²) in [6.07, 6.45) is 2.28. The van der Waals surface area contributed by atoms with Gasteiger partial charge in [-0.3, -0.25) is 0 Å². The molecule has 7 heavy (non-hydrogen) atoms. The SMILES string of the molecule is C=CC1OC1CCl. The van der Waals surface area contributed by atoms with E-state index >= 15 is 0 Å². The van der Waals surface area contributed by atoms with Crippen LogP contribution in [0.4, 0.5) is 0 Å². The van der Waals surface area contributed by atoms with Gasteiger partial charge in [-0.1, -0.05) is 6.08 Å². The molecule has 0 aromatic heterocycles. The number of epoxide rings is 1. The summed E-state index contributed by atoms with van der Waals surface area (Å²) in [5.74, 6) is 0.594. The molecule has 1 fully saturated rings. The van der Waals surface area contributed by atoms with Gasteiger partial charge in [0.1, 0.15) is 12.2 Å². The van der Waals surface area contributed by atoms with Crippen LogP contribution < -0.4 is 0 Å². The van der Waals surface area contributed by atoms with Crippen LogP contribution in [0.5, 0.6) is 0 Å². The third-order valence-electron chi connectivity index (χ3n) is 1.01. The molecule has 0 bridgehead atoms. The molecule has 1 nitrogen and oxygen atoms in total. The fraction of sp³-hybridized carbons (Fsp3) is 0.600. The van der Waals surface area contributed by atoms with Gasteiger partial charge in [0, 0.05) is 0 Å². The molecule has 1 heterocycles. The van der Waals surface area contributed by atoms with Crippen molar-refractivity contribution in [1.29, 1.82) is 0 Å². The Labute approximate surface area is 47.9 Å². The first-order valence-electron chi connectivity index (χ1n) is 2.22. The van der Waals surface area contributed by atoms with E-state index in [2.05, 4.69) is 6.58 Å². The van der Waals surface area contributed by atoms with Gasteiger partial charge < -0.3 is 4.74 Å². The van der Waals surface area contributed by atoms with Crippen molar-refractivity contribution in [1.82, 2.24) is 0 Å². The van der Waals surface area contributed by atoms with Crippen molar-refractivity contribution in [2.45, 2.75) is 12.2 Å². The molecule has 2 atom stereocenters. The Morgan fingerprint density at radius 1 is 1.86 bits per heavy atom. The van der Waals surface area contributed by atoms with E-state index in [4.69, 9.17) is 16.3 Å². The third kappa shape index (κ3) is 0.956. The van der Waals surface area contributed by atoms with E-state index in [9.17, 15) is 0 Å². The molecule has 40 valence electrons.